The highest BCUT2D eigenvalue weighted by molar-refractivity contribution is 9.10. The number of hydrogen-bond donors (Lipinski definition) is 2. The van der Waals surface area contributed by atoms with E-state index < -0.39 is 0 Å². The van der Waals surface area contributed by atoms with Crippen LogP contribution in [0.25, 0.3) is 0 Å². The summed E-state index contributed by atoms with van der Waals surface area (Å²) in [6.45, 7) is 3.40. The molecule has 0 saturated carbocycles. The molecule has 0 atom stereocenters. The molecule has 1 aromatic rings. The Balaban J connectivity index is 1.75. The van der Waals surface area contributed by atoms with Crippen molar-refractivity contribution in [2.45, 2.75) is 6.54 Å². The Kier molecular flexibility index (Phi) is 4.54. The monoisotopic (exact) mass is 315 g/mol. The number of carbonyl (C=O) groups excluding carboxylic acids is 1. The number of rotatable bonds is 5. The Morgan fingerprint density at radius 1 is 1.50 bits per heavy atom. The van der Waals surface area contributed by atoms with Crippen molar-refractivity contribution >= 4 is 22.0 Å². The summed E-state index contributed by atoms with van der Waals surface area (Å²) in [6.07, 6.45) is 0. The van der Waals surface area contributed by atoms with Crippen LogP contribution in [0.4, 0.5) is 9.18 Å². The van der Waals surface area contributed by atoms with E-state index in [2.05, 4.69) is 26.6 Å². The molecule has 1 aromatic carbocycles. The van der Waals surface area contributed by atoms with Crippen molar-refractivity contribution in [3.05, 3.63) is 34.1 Å². The molecule has 1 heterocycles. The number of carbonyl (C=O) groups is 1. The number of halogens is 2. The Morgan fingerprint density at radius 3 is 3.06 bits per heavy atom. The van der Waals surface area contributed by atoms with Crippen LogP contribution < -0.4 is 10.6 Å². The number of amides is 2. The van der Waals surface area contributed by atoms with Crippen molar-refractivity contribution in [2.24, 2.45) is 0 Å². The van der Waals surface area contributed by atoms with Crippen molar-refractivity contribution in [2.75, 3.05) is 26.2 Å². The molecular weight excluding hydrogens is 301 g/mol. The molecule has 98 valence electrons. The summed E-state index contributed by atoms with van der Waals surface area (Å²) in [7, 11) is 0. The van der Waals surface area contributed by atoms with Gasteiger partial charge in [0, 0.05) is 37.2 Å². The van der Waals surface area contributed by atoms with Gasteiger partial charge in [0.05, 0.1) is 0 Å². The van der Waals surface area contributed by atoms with Gasteiger partial charge >= 0.3 is 6.03 Å². The number of benzene rings is 1. The van der Waals surface area contributed by atoms with Gasteiger partial charge in [-0.15, -0.1) is 0 Å². The fraction of sp³-hybridized carbons (Fsp3) is 0.417. The molecule has 0 radical (unpaired) electrons. The van der Waals surface area contributed by atoms with E-state index in [4.69, 9.17) is 0 Å². The summed E-state index contributed by atoms with van der Waals surface area (Å²) in [5.41, 5.74) is 0.876. The predicted molar refractivity (Wildman–Crippen MR) is 70.8 cm³/mol. The van der Waals surface area contributed by atoms with Crippen LogP contribution in [-0.4, -0.2) is 37.1 Å². The fourth-order valence-corrected chi connectivity index (χ4v) is 2.23. The van der Waals surface area contributed by atoms with Crippen LogP contribution in [0.5, 0.6) is 0 Å². The van der Waals surface area contributed by atoms with E-state index in [0.717, 1.165) is 16.6 Å². The van der Waals surface area contributed by atoms with E-state index >= 15 is 0 Å². The minimum Gasteiger partial charge on any atom is -0.336 e. The summed E-state index contributed by atoms with van der Waals surface area (Å²) in [6, 6.07) is 4.60. The van der Waals surface area contributed by atoms with E-state index in [-0.39, 0.29) is 11.8 Å². The van der Waals surface area contributed by atoms with E-state index in [1.165, 1.54) is 12.1 Å². The van der Waals surface area contributed by atoms with E-state index in [9.17, 15) is 9.18 Å². The maximum Gasteiger partial charge on any atom is 0.317 e. The highest BCUT2D eigenvalue weighted by Gasteiger charge is 2.18. The first kappa shape index (κ1) is 13.3. The Labute approximate surface area is 114 Å². The summed E-state index contributed by atoms with van der Waals surface area (Å²) < 4.78 is 13.9. The molecule has 0 spiro atoms. The summed E-state index contributed by atoms with van der Waals surface area (Å²) in [5.74, 6) is -0.242. The average molecular weight is 316 g/mol. The lowest BCUT2D eigenvalue weighted by molar-refractivity contribution is 0.217. The summed E-state index contributed by atoms with van der Waals surface area (Å²) in [4.78, 5) is 13.0. The molecule has 0 bridgehead atoms. The van der Waals surface area contributed by atoms with Crippen LogP contribution in [0.2, 0.25) is 0 Å². The zero-order valence-corrected chi connectivity index (χ0v) is 11.5. The standard InChI is InChI=1S/C12H15BrFN3O/c13-11-2-1-10(14)7-9(11)8-15-3-5-17-6-4-16-12(17)18/h1-2,7,15H,3-6,8H2,(H,16,18). The zero-order valence-electron chi connectivity index (χ0n) is 9.88. The molecule has 0 aliphatic carbocycles. The SMILES string of the molecule is O=C1NCCN1CCNCc1cc(F)ccc1Br. The van der Waals surface area contributed by atoms with Gasteiger partial charge in [0.25, 0.3) is 0 Å². The molecule has 1 fully saturated rings. The first-order valence-corrected chi connectivity index (χ1v) is 6.63. The average Bonchev–Trinajstić information content (AvgIpc) is 2.75. The largest absolute Gasteiger partial charge is 0.336 e. The van der Waals surface area contributed by atoms with Gasteiger partial charge in [0.2, 0.25) is 0 Å². The molecular formula is C12H15BrFN3O. The third-order valence-electron chi connectivity index (χ3n) is 2.83. The summed E-state index contributed by atoms with van der Waals surface area (Å²) in [5, 5.41) is 5.95. The van der Waals surface area contributed by atoms with Crippen molar-refractivity contribution in [3.63, 3.8) is 0 Å². The van der Waals surface area contributed by atoms with Crippen molar-refractivity contribution in [1.82, 2.24) is 15.5 Å². The Hall–Kier alpha value is -1.14. The third-order valence-corrected chi connectivity index (χ3v) is 3.60. The molecule has 4 nitrogen and oxygen atoms in total. The van der Waals surface area contributed by atoms with Gasteiger partial charge in [-0.2, -0.15) is 0 Å². The van der Waals surface area contributed by atoms with Gasteiger partial charge in [-0.25, -0.2) is 9.18 Å². The molecule has 2 rings (SSSR count). The topological polar surface area (TPSA) is 44.4 Å². The fourth-order valence-electron chi connectivity index (χ4n) is 1.84. The number of nitrogens with zero attached hydrogens (tertiary/aromatic N) is 1. The maximum absolute atomic E-state index is 13.0. The van der Waals surface area contributed by atoms with Gasteiger partial charge < -0.3 is 15.5 Å². The van der Waals surface area contributed by atoms with Crippen molar-refractivity contribution < 1.29 is 9.18 Å². The van der Waals surface area contributed by atoms with Crippen LogP contribution >= 0.6 is 15.9 Å². The lowest BCUT2D eigenvalue weighted by atomic mass is 10.2. The molecule has 2 N–H and O–H groups in total. The lowest BCUT2D eigenvalue weighted by Gasteiger charge is -2.14. The number of nitrogens with one attached hydrogen (secondary N) is 2. The van der Waals surface area contributed by atoms with Gasteiger partial charge in [-0.3, -0.25) is 0 Å². The van der Waals surface area contributed by atoms with Gasteiger partial charge in [-0.05, 0) is 23.8 Å². The molecule has 18 heavy (non-hydrogen) atoms. The van der Waals surface area contributed by atoms with Gasteiger partial charge in [0.1, 0.15) is 5.82 Å². The zero-order chi connectivity index (χ0) is 13.0. The van der Waals surface area contributed by atoms with Crippen LogP contribution in [-0.2, 0) is 6.54 Å². The molecule has 1 aliphatic heterocycles. The lowest BCUT2D eigenvalue weighted by Crippen LogP contribution is -2.34. The first-order chi connectivity index (χ1) is 8.66. The van der Waals surface area contributed by atoms with Crippen LogP contribution in [0, 0.1) is 5.82 Å². The second-order valence-corrected chi connectivity index (χ2v) is 4.99. The van der Waals surface area contributed by atoms with E-state index in [0.29, 0.717) is 26.2 Å². The van der Waals surface area contributed by atoms with Crippen LogP contribution in [0.3, 0.4) is 0 Å². The predicted octanol–water partition coefficient (Wildman–Crippen LogP) is 1.70. The maximum atomic E-state index is 13.0. The van der Waals surface area contributed by atoms with Crippen LogP contribution in [0.1, 0.15) is 5.56 Å². The van der Waals surface area contributed by atoms with Crippen molar-refractivity contribution in [3.8, 4) is 0 Å². The first-order valence-electron chi connectivity index (χ1n) is 5.84. The quantitative estimate of drug-likeness (QED) is 0.812. The Morgan fingerprint density at radius 2 is 2.33 bits per heavy atom. The molecule has 1 aliphatic rings. The number of urea groups is 1. The second kappa shape index (κ2) is 6.15. The molecule has 1 saturated heterocycles. The minimum atomic E-state index is -0.242. The van der Waals surface area contributed by atoms with E-state index in [1.807, 2.05) is 0 Å². The smallest absolute Gasteiger partial charge is 0.317 e. The van der Waals surface area contributed by atoms with Crippen LogP contribution in [0.15, 0.2) is 22.7 Å². The Bertz CT molecular complexity index is 441. The van der Waals surface area contributed by atoms with Gasteiger partial charge in [-0.1, -0.05) is 15.9 Å². The second-order valence-electron chi connectivity index (χ2n) is 4.13. The highest BCUT2D eigenvalue weighted by Crippen LogP contribution is 2.17. The third kappa shape index (κ3) is 3.43. The van der Waals surface area contributed by atoms with Gasteiger partial charge in [0.15, 0.2) is 0 Å². The minimum absolute atomic E-state index is 0.0104. The number of hydrogen-bond acceptors (Lipinski definition) is 2. The summed E-state index contributed by atoms with van der Waals surface area (Å²) >= 11 is 3.38. The molecule has 6 heteroatoms. The van der Waals surface area contributed by atoms with Crippen molar-refractivity contribution in [1.29, 1.82) is 0 Å². The normalized spacial score (nSPS) is 15.0. The highest BCUT2D eigenvalue weighted by atomic mass is 79.9. The van der Waals surface area contributed by atoms with E-state index in [1.54, 1.807) is 11.0 Å². The molecule has 0 unspecified atom stereocenters. The molecule has 2 amide bonds. The molecule has 0 aromatic heterocycles.